The highest BCUT2D eigenvalue weighted by Gasteiger charge is 2.21. The molecule has 0 spiro atoms. The van der Waals surface area contributed by atoms with Gasteiger partial charge in [0.2, 0.25) is 5.95 Å². The van der Waals surface area contributed by atoms with Gasteiger partial charge in [0.1, 0.15) is 6.54 Å². The summed E-state index contributed by atoms with van der Waals surface area (Å²) in [6.07, 6.45) is 3.62. The second-order valence-corrected chi connectivity index (χ2v) is 6.01. The molecule has 0 atom stereocenters. The van der Waals surface area contributed by atoms with Crippen LogP contribution >= 0.6 is 15.9 Å². The lowest BCUT2D eigenvalue weighted by atomic mass is 10.2. The largest absolute Gasteiger partial charge is 0.330 e. The molecule has 0 bridgehead atoms. The van der Waals surface area contributed by atoms with Gasteiger partial charge in [0.25, 0.3) is 0 Å². The van der Waals surface area contributed by atoms with E-state index in [0.717, 1.165) is 43.1 Å². The molecule has 104 valence electrons. The molecular weight excluding hydrogens is 316 g/mol. The van der Waals surface area contributed by atoms with Gasteiger partial charge in [0, 0.05) is 22.4 Å². The lowest BCUT2D eigenvalue weighted by molar-refractivity contribution is -0.914. The van der Waals surface area contributed by atoms with Crippen molar-refractivity contribution >= 4 is 21.9 Å². The van der Waals surface area contributed by atoms with Crippen LogP contribution in [0.15, 0.2) is 47.2 Å². The molecule has 1 aromatic carbocycles. The third-order valence-electron chi connectivity index (χ3n) is 3.65. The summed E-state index contributed by atoms with van der Waals surface area (Å²) in [5.41, 5.74) is 1.39. The molecule has 1 fully saturated rings. The Morgan fingerprint density at radius 2 is 1.85 bits per heavy atom. The Bertz CT molecular complexity index is 553. The van der Waals surface area contributed by atoms with Gasteiger partial charge in [0.15, 0.2) is 0 Å². The minimum absolute atomic E-state index is 0.856. The lowest BCUT2D eigenvalue weighted by Crippen LogP contribution is -3.13. The van der Waals surface area contributed by atoms with E-state index in [9.17, 15) is 0 Å². The molecule has 4 nitrogen and oxygen atoms in total. The zero-order valence-corrected chi connectivity index (χ0v) is 12.9. The summed E-state index contributed by atoms with van der Waals surface area (Å²) in [7, 11) is 0. The fraction of sp³-hybridized carbons (Fsp3) is 0.333. The van der Waals surface area contributed by atoms with Crippen LogP contribution in [0.3, 0.4) is 0 Å². The van der Waals surface area contributed by atoms with Gasteiger partial charge in [-0.3, -0.25) is 0 Å². The number of benzene rings is 1. The Morgan fingerprint density at radius 3 is 2.55 bits per heavy atom. The highest BCUT2D eigenvalue weighted by atomic mass is 79.9. The van der Waals surface area contributed by atoms with Gasteiger partial charge in [-0.05, 0) is 18.2 Å². The molecule has 1 aromatic heterocycles. The summed E-state index contributed by atoms with van der Waals surface area (Å²) >= 11 is 3.53. The fourth-order valence-corrected chi connectivity index (χ4v) is 3.04. The van der Waals surface area contributed by atoms with Crippen molar-refractivity contribution in [2.75, 3.05) is 31.1 Å². The summed E-state index contributed by atoms with van der Waals surface area (Å²) in [6.45, 7) is 5.39. The van der Waals surface area contributed by atoms with Crippen molar-refractivity contribution < 1.29 is 4.90 Å². The van der Waals surface area contributed by atoms with E-state index in [1.807, 2.05) is 18.5 Å². The van der Waals surface area contributed by atoms with E-state index in [4.69, 9.17) is 0 Å². The van der Waals surface area contributed by atoms with E-state index in [1.54, 1.807) is 4.90 Å². The van der Waals surface area contributed by atoms with Crippen LogP contribution in [0.5, 0.6) is 0 Å². The Kier molecular flexibility index (Phi) is 4.28. The van der Waals surface area contributed by atoms with E-state index in [1.165, 1.54) is 5.56 Å². The third kappa shape index (κ3) is 3.35. The van der Waals surface area contributed by atoms with E-state index >= 15 is 0 Å². The third-order valence-corrected chi connectivity index (χ3v) is 4.14. The van der Waals surface area contributed by atoms with Crippen LogP contribution in [0.1, 0.15) is 5.56 Å². The maximum absolute atomic E-state index is 4.32. The number of aromatic nitrogens is 2. The monoisotopic (exact) mass is 333 g/mol. The molecule has 0 amide bonds. The van der Waals surface area contributed by atoms with Gasteiger partial charge in [-0.1, -0.05) is 28.1 Å². The van der Waals surface area contributed by atoms with Crippen LogP contribution in [0.25, 0.3) is 0 Å². The van der Waals surface area contributed by atoms with Crippen molar-refractivity contribution in [2.45, 2.75) is 6.54 Å². The summed E-state index contributed by atoms with van der Waals surface area (Å²) in [5.74, 6) is 0.856. The number of halogens is 1. The SMILES string of the molecule is Brc1cccc(C[NH+]2CCN(c3ncccn3)CC2)c1. The van der Waals surface area contributed by atoms with Gasteiger partial charge in [0.05, 0.1) is 26.2 Å². The van der Waals surface area contributed by atoms with E-state index in [-0.39, 0.29) is 0 Å². The first kappa shape index (κ1) is 13.5. The van der Waals surface area contributed by atoms with Crippen molar-refractivity contribution in [3.8, 4) is 0 Å². The van der Waals surface area contributed by atoms with E-state index < -0.39 is 0 Å². The van der Waals surface area contributed by atoms with Crippen LogP contribution in [0, 0.1) is 0 Å². The maximum atomic E-state index is 4.32. The zero-order chi connectivity index (χ0) is 13.8. The van der Waals surface area contributed by atoms with Gasteiger partial charge >= 0.3 is 0 Å². The fourth-order valence-electron chi connectivity index (χ4n) is 2.59. The number of nitrogens with zero attached hydrogens (tertiary/aromatic N) is 3. The van der Waals surface area contributed by atoms with E-state index in [0.29, 0.717) is 0 Å². The Balaban J connectivity index is 1.56. The molecule has 2 aromatic rings. The molecule has 1 N–H and O–H groups in total. The number of hydrogen-bond acceptors (Lipinski definition) is 3. The summed E-state index contributed by atoms with van der Waals surface area (Å²) in [5, 5.41) is 0. The molecular formula is C15H18BrN4+. The van der Waals surface area contributed by atoms with E-state index in [2.05, 4.69) is 55.1 Å². The first-order valence-electron chi connectivity index (χ1n) is 6.91. The summed E-state index contributed by atoms with van der Waals surface area (Å²) in [4.78, 5) is 12.5. The smallest absolute Gasteiger partial charge is 0.225 e. The zero-order valence-electron chi connectivity index (χ0n) is 11.3. The minimum Gasteiger partial charge on any atom is -0.330 e. The summed E-state index contributed by atoms with van der Waals surface area (Å²) < 4.78 is 1.16. The van der Waals surface area contributed by atoms with Crippen molar-refractivity contribution in [2.24, 2.45) is 0 Å². The van der Waals surface area contributed by atoms with Gasteiger partial charge in [-0.25, -0.2) is 9.97 Å². The van der Waals surface area contributed by atoms with Crippen LogP contribution in [-0.4, -0.2) is 36.1 Å². The number of anilines is 1. The number of nitrogens with one attached hydrogen (secondary N) is 1. The van der Waals surface area contributed by atoms with Crippen molar-refractivity contribution in [1.82, 2.24) is 9.97 Å². The van der Waals surface area contributed by atoms with Crippen LogP contribution < -0.4 is 9.80 Å². The van der Waals surface area contributed by atoms with Crippen LogP contribution in [-0.2, 0) is 6.54 Å². The highest BCUT2D eigenvalue weighted by Crippen LogP contribution is 2.11. The average molecular weight is 334 g/mol. The predicted octanol–water partition coefficient (Wildman–Crippen LogP) is 1.14. The first-order valence-corrected chi connectivity index (χ1v) is 7.70. The minimum atomic E-state index is 0.856. The van der Waals surface area contributed by atoms with Gasteiger partial charge in [-0.2, -0.15) is 0 Å². The maximum Gasteiger partial charge on any atom is 0.225 e. The Hall–Kier alpha value is -1.46. The Morgan fingerprint density at radius 1 is 1.10 bits per heavy atom. The molecule has 5 heteroatoms. The first-order chi connectivity index (χ1) is 9.81. The second kappa shape index (κ2) is 6.33. The molecule has 0 unspecified atom stereocenters. The Labute approximate surface area is 127 Å². The molecule has 0 radical (unpaired) electrons. The van der Waals surface area contributed by atoms with Crippen LogP contribution in [0.4, 0.5) is 5.95 Å². The molecule has 1 aliphatic heterocycles. The molecule has 2 heterocycles. The average Bonchev–Trinajstić information content (AvgIpc) is 2.49. The predicted molar refractivity (Wildman–Crippen MR) is 82.8 cm³/mol. The van der Waals surface area contributed by atoms with Gasteiger partial charge < -0.3 is 9.80 Å². The van der Waals surface area contributed by atoms with Crippen molar-refractivity contribution in [3.05, 3.63) is 52.8 Å². The molecule has 3 rings (SSSR count). The molecule has 20 heavy (non-hydrogen) atoms. The molecule has 1 aliphatic rings. The van der Waals surface area contributed by atoms with Crippen molar-refractivity contribution in [3.63, 3.8) is 0 Å². The number of rotatable bonds is 3. The van der Waals surface area contributed by atoms with Gasteiger partial charge in [-0.15, -0.1) is 0 Å². The molecule has 0 saturated carbocycles. The highest BCUT2D eigenvalue weighted by molar-refractivity contribution is 9.10. The second-order valence-electron chi connectivity index (χ2n) is 5.09. The topological polar surface area (TPSA) is 33.5 Å². The number of piperazine rings is 1. The molecule has 0 aliphatic carbocycles. The number of hydrogen-bond donors (Lipinski definition) is 1. The van der Waals surface area contributed by atoms with Crippen LogP contribution in [0.2, 0.25) is 0 Å². The van der Waals surface area contributed by atoms with Crippen molar-refractivity contribution in [1.29, 1.82) is 0 Å². The standard InChI is InChI=1S/C15H17BrN4/c16-14-4-1-3-13(11-14)12-19-7-9-20(10-8-19)15-17-5-2-6-18-15/h1-6,11H,7-10,12H2/p+1. The lowest BCUT2D eigenvalue weighted by Gasteiger charge is -2.32. The summed E-state index contributed by atoms with van der Waals surface area (Å²) in [6, 6.07) is 10.4. The quantitative estimate of drug-likeness (QED) is 0.914. The molecule has 1 saturated heterocycles. The normalized spacial score (nSPS) is 16.4. The number of quaternary nitrogens is 1.